The molecule has 0 fully saturated rings. The van der Waals surface area contributed by atoms with Crippen LogP contribution in [0.4, 0.5) is 5.69 Å². The summed E-state index contributed by atoms with van der Waals surface area (Å²) in [5.41, 5.74) is 8.67. The summed E-state index contributed by atoms with van der Waals surface area (Å²) in [4.78, 5) is 0. The fraction of sp³-hybridized carbons (Fsp3) is 0.143. The first-order valence-corrected chi connectivity index (χ1v) is 5.74. The van der Waals surface area contributed by atoms with Gasteiger partial charge in [0.1, 0.15) is 11.5 Å². The number of anilines is 1. The van der Waals surface area contributed by atoms with Crippen molar-refractivity contribution in [2.24, 2.45) is 0 Å². The van der Waals surface area contributed by atoms with Gasteiger partial charge in [-0.05, 0) is 43.7 Å². The molecule has 0 aromatic heterocycles. The largest absolute Gasteiger partial charge is 0.455 e. The van der Waals surface area contributed by atoms with E-state index in [9.17, 15) is 0 Å². The summed E-state index contributed by atoms with van der Waals surface area (Å²) in [6.07, 6.45) is 0. The lowest BCUT2D eigenvalue weighted by molar-refractivity contribution is 0.481. The Balaban J connectivity index is 2.31. The Morgan fingerprint density at radius 1 is 1.00 bits per heavy atom. The van der Waals surface area contributed by atoms with Crippen LogP contribution in [0.15, 0.2) is 36.4 Å². The molecule has 0 bridgehead atoms. The Hall–Kier alpha value is -1.67. The topological polar surface area (TPSA) is 35.2 Å². The van der Waals surface area contributed by atoms with Crippen LogP contribution in [-0.2, 0) is 0 Å². The molecule has 0 radical (unpaired) electrons. The van der Waals surface area contributed by atoms with Gasteiger partial charge in [0.05, 0.1) is 5.69 Å². The van der Waals surface area contributed by atoms with Crippen LogP contribution in [-0.4, -0.2) is 0 Å². The molecule has 2 N–H and O–H groups in total. The first kappa shape index (κ1) is 11.8. The van der Waals surface area contributed by atoms with Crippen molar-refractivity contribution in [3.63, 3.8) is 0 Å². The summed E-state index contributed by atoms with van der Waals surface area (Å²) in [7, 11) is 0. The first-order valence-electron chi connectivity index (χ1n) is 5.36. The Morgan fingerprint density at radius 2 is 1.71 bits per heavy atom. The fourth-order valence-corrected chi connectivity index (χ4v) is 1.83. The van der Waals surface area contributed by atoms with Crippen molar-refractivity contribution < 1.29 is 4.74 Å². The van der Waals surface area contributed by atoms with E-state index in [1.54, 1.807) is 18.2 Å². The molecule has 88 valence electrons. The highest BCUT2D eigenvalue weighted by atomic mass is 35.5. The Bertz CT molecular complexity index is 502. The van der Waals surface area contributed by atoms with E-state index in [2.05, 4.69) is 6.07 Å². The summed E-state index contributed by atoms with van der Waals surface area (Å²) in [5.74, 6) is 1.44. The Labute approximate surface area is 106 Å². The molecule has 0 heterocycles. The predicted molar refractivity (Wildman–Crippen MR) is 71.9 cm³/mol. The zero-order valence-electron chi connectivity index (χ0n) is 9.83. The minimum atomic E-state index is 0.539. The van der Waals surface area contributed by atoms with Crippen LogP contribution < -0.4 is 10.5 Å². The van der Waals surface area contributed by atoms with Crippen LogP contribution in [0.5, 0.6) is 11.5 Å². The highest BCUT2D eigenvalue weighted by Crippen LogP contribution is 2.31. The maximum absolute atomic E-state index is 5.84. The Morgan fingerprint density at radius 3 is 2.35 bits per heavy atom. The monoisotopic (exact) mass is 247 g/mol. The fourth-order valence-electron chi connectivity index (χ4n) is 1.64. The van der Waals surface area contributed by atoms with E-state index in [1.165, 1.54) is 5.56 Å². The summed E-state index contributed by atoms with van der Waals surface area (Å²) in [5, 5.41) is 0.607. The summed E-state index contributed by atoms with van der Waals surface area (Å²) in [6.45, 7) is 4.06. The van der Waals surface area contributed by atoms with Crippen molar-refractivity contribution in [1.82, 2.24) is 0 Å². The van der Waals surface area contributed by atoms with Crippen molar-refractivity contribution >= 4 is 17.3 Å². The van der Waals surface area contributed by atoms with E-state index in [-0.39, 0.29) is 0 Å². The SMILES string of the molecule is Cc1ccc(Oc2ccc(Cl)cc2N)c(C)c1. The van der Waals surface area contributed by atoms with E-state index in [0.717, 1.165) is 11.3 Å². The number of ether oxygens (including phenoxy) is 1. The van der Waals surface area contributed by atoms with Crippen LogP contribution in [0.1, 0.15) is 11.1 Å². The molecule has 0 aliphatic rings. The summed E-state index contributed by atoms with van der Waals surface area (Å²) in [6, 6.07) is 11.2. The molecule has 0 amide bonds. The van der Waals surface area contributed by atoms with Gasteiger partial charge in [0.2, 0.25) is 0 Å². The molecule has 0 atom stereocenters. The third-order valence-corrected chi connectivity index (χ3v) is 2.76. The molecule has 2 aromatic rings. The van der Waals surface area contributed by atoms with Gasteiger partial charge in [0, 0.05) is 5.02 Å². The zero-order valence-corrected chi connectivity index (χ0v) is 10.6. The van der Waals surface area contributed by atoms with Crippen LogP contribution in [0.2, 0.25) is 5.02 Å². The second-order valence-electron chi connectivity index (χ2n) is 4.05. The summed E-state index contributed by atoms with van der Waals surface area (Å²) < 4.78 is 5.77. The van der Waals surface area contributed by atoms with Gasteiger partial charge in [-0.1, -0.05) is 29.3 Å². The van der Waals surface area contributed by atoms with Crippen LogP contribution in [0, 0.1) is 13.8 Å². The van der Waals surface area contributed by atoms with Crippen molar-refractivity contribution in [2.75, 3.05) is 5.73 Å². The normalized spacial score (nSPS) is 10.3. The van der Waals surface area contributed by atoms with Crippen molar-refractivity contribution in [2.45, 2.75) is 13.8 Å². The number of hydrogen-bond acceptors (Lipinski definition) is 2. The average molecular weight is 248 g/mol. The van der Waals surface area contributed by atoms with Gasteiger partial charge >= 0.3 is 0 Å². The lowest BCUT2D eigenvalue weighted by Crippen LogP contribution is -1.93. The Kier molecular flexibility index (Phi) is 3.25. The third-order valence-electron chi connectivity index (χ3n) is 2.52. The minimum Gasteiger partial charge on any atom is -0.455 e. The summed E-state index contributed by atoms with van der Waals surface area (Å²) >= 11 is 5.84. The number of benzene rings is 2. The van der Waals surface area contributed by atoms with Gasteiger partial charge < -0.3 is 10.5 Å². The predicted octanol–water partition coefficient (Wildman–Crippen LogP) is 4.33. The maximum Gasteiger partial charge on any atom is 0.150 e. The number of nitrogens with two attached hydrogens (primary N) is 1. The van der Waals surface area contributed by atoms with Crippen molar-refractivity contribution in [1.29, 1.82) is 0 Å². The third kappa shape index (κ3) is 2.71. The van der Waals surface area contributed by atoms with Crippen LogP contribution >= 0.6 is 11.6 Å². The molecule has 0 saturated heterocycles. The molecule has 0 aliphatic carbocycles. The van der Waals surface area contributed by atoms with E-state index >= 15 is 0 Å². The van der Waals surface area contributed by atoms with Gasteiger partial charge in [-0.3, -0.25) is 0 Å². The zero-order chi connectivity index (χ0) is 12.4. The minimum absolute atomic E-state index is 0.539. The van der Waals surface area contributed by atoms with E-state index < -0.39 is 0 Å². The van der Waals surface area contributed by atoms with E-state index in [1.807, 2.05) is 26.0 Å². The van der Waals surface area contributed by atoms with Gasteiger partial charge in [-0.15, -0.1) is 0 Å². The van der Waals surface area contributed by atoms with Crippen molar-refractivity contribution in [3.8, 4) is 11.5 Å². The maximum atomic E-state index is 5.84. The lowest BCUT2D eigenvalue weighted by Gasteiger charge is -2.11. The van der Waals surface area contributed by atoms with Crippen LogP contribution in [0.3, 0.4) is 0 Å². The molecular weight excluding hydrogens is 234 g/mol. The van der Waals surface area contributed by atoms with E-state index in [0.29, 0.717) is 16.5 Å². The molecule has 2 rings (SSSR count). The molecule has 3 heteroatoms. The molecule has 0 aliphatic heterocycles. The molecular formula is C14H14ClNO. The molecule has 17 heavy (non-hydrogen) atoms. The van der Waals surface area contributed by atoms with Crippen LogP contribution in [0.25, 0.3) is 0 Å². The smallest absolute Gasteiger partial charge is 0.150 e. The lowest BCUT2D eigenvalue weighted by atomic mass is 10.1. The number of nitrogen functional groups attached to an aromatic ring is 1. The molecule has 0 spiro atoms. The van der Waals surface area contributed by atoms with Gasteiger partial charge in [0.15, 0.2) is 0 Å². The second kappa shape index (κ2) is 4.68. The highest BCUT2D eigenvalue weighted by molar-refractivity contribution is 6.30. The van der Waals surface area contributed by atoms with Gasteiger partial charge in [-0.25, -0.2) is 0 Å². The first-order chi connectivity index (χ1) is 8.06. The molecule has 0 saturated carbocycles. The second-order valence-corrected chi connectivity index (χ2v) is 4.49. The van der Waals surface area contributed by atoms with Gasteiger partial charge in [0.25, 0.3) is 0 Å². The highest BCUT2D eigenvalue weighted by Gasteiger charge is 2.05. The van der Waals surface area contributed by atoms with Crippen molar-refractivity contribution in [3.05, 3.63) is 52.5 Å². The number of aryl methyl sites for hydroxylation is 2. The quantitative estimate of drug-likeness (QED) is 0.802. The molecule has 2 nitrogen and oxygen atoms in total. The van der Waals surface area contributed by atoms with E-state index in [4.69, 9.17) is 22.1 Å². The average Bonchev–Trinajstić information content (AvgIpc) is 2.25. The molecule has 2 aromatic carbocycles. The number of rotatable bonds is 2. The number of hydrogen-bond donors (Lipinski definition) is 1. The number of halogens is 1. The standard InChI is InChI=1S/C14H14ClNO/c1-9-3-5-13(10(2)7-9)17-14-6-4-11(15)8-12(14)16/h3-8H,16H2,1-2H3. The molecule has 0 unspecified atom stereocenters. The van der Waals surface area contributed by atoms with Gasteiger partial charge in [-0.2, -0.15) is 0 Å².